The van der Waals surface area contributed by atoms with Gasteiger partial charge in [-0.15, -0.1) is 0 Å². The molecule has 0 radical (unpaired) electrons. The third kappa shape index (κ3) is 4.52. The number of alkyl halides is 4. The summed E-state index contributed by atoms with van der Waals surface area (Å²) in [5, 5.41) is 8.76. The largest absolute Gasteiger partial charge is 0.507 e. The molecule has 0 aliphatic carbocycles. The van der Waals surface area contributed by atoms with Crippen molar-refractivity contribution in [2.75, 3.05) is 7.11 Å². The summed E-state index contributed by atoms with van der Waals surface area (Å²) >= 11 is 0.101. The standard InChI is InChI=1S/C18H24F4O3S/c1-15(2,3)11-8-10(9-12(13(11)23)16(4,5)6)26-14(24)17(19,25-7)18(20,21)22/h8-9,23H,1-7H3. The van der Waals surface area contributed by atoms with Gasteiger partial charge in [0.1, 0.15) is 5.75 Å². The molecule has 1 N–H and O–H groups in total. The SMILES string of the molecule is COC(F)(C(=O)Sc1cc(C(C)(C)C)c(O)c(C(C)(C)C)c1)C(F)(F)F. The molecule has 0 spiro atoms. The quantitative estimate of drug-likeness (QED) is 0.543. The fourth-order valence-electron chi connectivity index (χ4n) is 2.30. The second-order valence-electron chi connectivity index (χ2n) is 8.05. The summed E-state index contributed by atoms with van der Waals surface area (Å²) < 4.78 is 56.6. The van der Waals surface area contributed by atoms with Gasteiger partial charge >= 0.3 is 12.0 Å². The average Bonchev–Trinajstić information content (AvgIpc) is 2.44. The van der Waals surface area contributed by atoms with Crippen molar-refractivity contribution in [1.29, 1.82) is 0 Å². The van der Waals surface area contributed by atoms with Crippen LogP contribution in [0.5, 0.6) is 5.75 Å². The minimum atomic E-state index is -5.50. The van der Waals surface area contributed by atoms with Gasteiger partial charge in [0.15, 0.2) is 0 Å². The zero-order valence-corrected chi connectivity index (χ0v) is 16.7. The van der Waals surface area contributed by atoms with Crippen molar-refractivity contribution in [1.82, 2.24) is 0 Å². The molecular formula is C18H24F4O3S. The zero-order valence-electron chi connectivity index (χ0n) is 15.8. The average molecular weight is 396 g/mol. The van der Waals surface area contributed by atoms with E-state index in [4.69, 9.17) is 0 Å². The van der Waals surface area contributed by atoms with Crippen LogP contribution in [0.15, 0.2) is 17.0 Å². The van der Waals surface area contributed by atoms with E-state index in [2.05, 4.69) is 4.74 Å². The Labute approximate surface area is 155 Å². The third-order valence-electron chi connectivity index (χ3n) is 3.82. The van der Waals surface area contributed by atoms with E-state index in [9.17, 15) is 27.5 Å². The number of hydrogen-bond donors (Lipinski definition) is 1. The van der Waals surface area contributed by atoms with Crippen molar-refractivity contribution in [2.24, 2.45) is 0 Å². The van der Waals surface area contributed by atoms with Crippen LogP contribution in [0.1, 0.15) is 52.7 Å². The molecule has 0 aliphatic rings. The molecule has 0 heterocycles. The van der Waals surface area contributed by atoms with Crippen molar-refractivity contribution < 1.29 is 32.2 Å². The number of thioether (sulfide) groups is 1. The smallest absolute Gasteiger partial charge is 0.457 e. The molecule has 0 amide bonds. The van der Waals surface area contributed by atoms with Gasteiger partial charge in [0.25, 0.3) is 5.12 Å². The summed E-state index contributed by atoms with van der Waals surface area (Å²) in [5.41, 5.74) is -0.174. The third-order valence-corrected chi connectivity index (χ3v) is 4.74. The molecule has 1 unspecified atom stereocenters. The van der Waals surface area contributed by atoms with Crippen molar-refractivity contribution in [3.63, 3.8) is 0 Å². The van der Waals surface area contributed by atoms with E-state index in [1.807, 2.05) is 41.5 Å². The molecule has 8 heteroatoms. The van der Waals surface area contributed by atoms with Crippen LogP contribution in [-0.2, 0) is 20.4 Å². The minimum absolute atomic E-state index is 0.0101. The maximum atomic E-state index is 14.1. The number of carbonyl (C=O) groups excluding carboxylic acids is 1. The van der Waals surface area contributed by atoms with Crippen molar-refractivity contribution >= 4 is 16.9 Å². The van der Waals surface area contributed by atoms with E-state index in [0.717, 1.165) is 0 Å². The summed E-state index contributed by atoms with van der Waals surface area (Å²) in [4.78, 5) is 12.1. The molecule has 0 fully saturated rings. The Kier molecular flexibility index (Phi) is 6.16. The number of phenols is 1. The first-order valence-electron chi connectivity index (χ1n) is 7.86. The maximum absolute atomic E-state index is 14.1. The summed E-state index contributed by atoms with van der Waals surface area (Å²) in [5.74, 6) is -4.39. The summed E-state index contributed by atoms with van der Waals surface area (Å²) in [7, 11) is 0.490. The lowest BCUT2D eigenvalue weighted by atomic mass is 9.79. The first-order chi connectivity index (χ1) is 11.4. The topological polar surface area (TPSA) is 46.5 Å². The van der Waals surface area contributed by atoms with Gasteiger partial charge in [-0.2, -0.15) is 17.6 Å². The number of ether oxygens (including phenoxy) is 1. The molecule has 0 saturated carbocycles. The molecular weight excluding hydrogens is 372 g/mol. The molecule has 1 rings (SSSR count). The summed E-state index contributed by atoms with van der Waals surface area (Å²) in [6.07, 6.45) is -5.50. The Morgan fingerprint density at radius 2 is 1.35 bits per heavy atom. The summed E-state index contributed by atoms with van der Waals surface area (Å²) in [6.45, 7) is 10.9. The number of rotatable bonds is 3. The van der Waals surface area contributed by atoms with E-state index in [-0.39, 0.29) is 22.4 Å². The Bertz CT molecular complexity index is 652. The predicted octanol–water partition coefficient (Wildman–Crippen LogP) is 5.48. The molecule has 1 aromatic carbocycles. The number of halogens is 4. The van der Waals surface area contributed by atoms with Gasteiger partial charge < -0.3 is 9.84 Å². The highest BCUT2D eigenvalue weighted by Gasteiger charge is 2.63. The van der Waals surface area contributed by atoms with Crippen molar-refractivity contribution in [3.05, 3.63) is 23.3 Å². The lowest BCUT2D eigenvalue weighted by molar-refractivity contribution is -0.302. The Morgan fingerprint density at radius 3 is 1.62 bits per heavy atom. The molecule has 26 heavy (non-hydrogen) atoms. The molecule has 0 saturated heterocycles. The van der Waals surface area contributed by atoms with E-state index < -0.39 is 28.0 Å². The lowest BCUT2D eigenvalue weighted by Gasteiger charge is -2.28. The highest BCUT2D eigenvalue weighted by atomic mass is 32.2. The lowest BCUT2D eigenvalue weighted by Crippen LogP contribution is -2.48. The number of methoxy groups -OCH3 is 1. The van der Waals surface area contributed by atoms with Gasteiger partial charge in [-0.05, 0) is 34.7 Å². The molecule has 1 aromatic rings. The van der Waals surface area contributed by atoms with Gasteiger partial charge in [-0.25, -0.2) is 0 Å². The number of hydrogen-bond acceptors (Lipinski definition) is 4. The van der Waals surface area contributed by atoms with Gasteiger partial charge in [-0.3, -0.25) is 4.79 Å². The molecule has 0 bridgehead atoms. The predicted molar refractivity (Wildman–Crippen MR) is 93.3 cm³/mol. The van der Waals surface area contributed by atoms with E-state index in [0.29, 0.717) is 18.2 Å². The van der Waals surface area contributed by atoms with Crippen LogP contribution < -0.4 is 0 Å². The molecule has 0 aliphatic heterocycles. The van der Waals surface area contributed by atoms with Gasteiger partial charge in [0.2, 0.25) is 0 Å². The van der Waals surface area contributed by atoms with Crippen LogP contribution in [0, 0.1) is 0 Å². The highest BCUT2D eigenvalue weighted by molar-refractivity contribution is 8.13. The van der Waals surface area contributed by atoms with Crippen LogP contribution in [0.25, 0.3) is 0 Å². The van der Waals surface area contributed by atoms with Gasteiger partial charge in [0, 0.05) is 23.1 Å². The fraction of sp³-hybridized carbons (Fsp3) is 0.611. The Morgan fingerprint density at radius 1 is 0.962 bits per heavy atom. The van der Waals surface area contributed by atoms with E-state index in [1.54, 1.807) is 0 Å². The summed E-state index contributed by atoms with van der Waals surface area (Å²) in [6, 6.07) is 2.80. The van der Waals surface area contributed by atoms with Gasteiger partial charge in [0.05, 0.1) is 0 Å². The number of aromatic hydroxyl groups is 1. The van der Waals surface area contributed by atoms with E-state index in [1.165, 1.54) is 12.1 Å². The Balaban J connectivity index is 3.49. The van der Waals surface area contributed by atoms with E-state index >= 15 is 0 Å². The number of carbonyl (C=O) groups is 1. The molecule has 1 atom stereocenters. The monoisotopic (exact) mass is 396 g/mol. The molecule has 0 aromatic heterocycles. The second-order valence-corrected chi connectivity index (χ2v) is 9.10. The van der Waals surface area contributed by atoms with Crippen LogP contribution in [0.4, 0.5) is 17.6 Å². The molecule has 3 nitrogen and oxygen atoms in total. The van der Waals surface area contributed by atoms with Crippen LogP contribution >= 0.6 is 11.8 Å². The first-order valence-corrected chi connectivity index (χ1v) is 8.68. The van der Waals surface area contributed by atoms with Crippen molar-refractivity contribution in [2.45, 2.75) is 69.3 Å². The van der Waals surface area contributed by atoms with Crippen LogP contribution in [0.3, 0.4) is 0 Å². The van der Waals surface area contributed by atoms with Crippen molar-refractivity contribution in [3.8, 4) is 5.75 Å². The Hall–Kier alpha value is -1.28. The highest BCUT2D eigenvalue weighted by Crippen LogP contribution is 2.44. The number of phenolic OH excluding ortho intramolecular Hbond substituents is 1. The maximum Gasteiger partial charge on any atom is 0.457 e. The fourth-order valence-corrected chi connectivity index (χ4v) is 3.20. The minimum Gasteiger partial charge on any atom is -0.507 e. The van der Waals surface area contributed by atoms with Crippen LogP contribution in [0.2, 0.25) is 0 Å². The first kappa shape index (κ1) is 22.8. The van der Waals surface area contributed by atoms with Gasteiger partial charge in [-0.1, -0.05) is 41.5 Å². The number of benzene rings is 1. The molecule has 148 valence electrons. The van der Waals surface area contributed by atoms with Crippen LogP contribution in [-0.4, -0.2) is 29.4 Å². The second kappa shape index (κ2) is 7.03. The normalized spacial score (nSPS) is 15.7. The zero-order chi connectivity index (χ0) is 20.7.